The summed E-state index contributed by atoms with van der Waals surface area (Å²) in [6.07, 6.45) is 13.2. The highest BCUT2D eigenvalue weighted by atomic mass is 35.5. The fraction of sp³-hybridized carbons (Fsp3) is 0.407. The smallest absolute Gasteiger partial charge is 0.268 e. The number of rotatable bonds is 10. The number of halogens is 1. The first-order valence-corrected chi connectivity index (χ1v) is 14.0. The van der Waals surface area contributed by atoms with E-state index in [2.05, 4.69) is 35.6 Å². The molecule has 0 bridgehead atoms. The molecule has 3 rings (SSSR count). The Hall–Kier alpha value is -2.19. The zero-order chi connectivity index (χ0) is 25.4. The van der Waals surface area contributed by atoms with Gasteiger partial charge >= 0.3 is 0 Å². The molecule has 8 heteroatoms. The van der Waals surface area contributed by atoms with Crippen LogP contribution in [0.3, 0.4) is 0 Å². The quantitative estimate of drug-likeness (QED) is 0.269. The molecule has 0 aliphatic carbocycles. The van der Waals surface area contributed by atoms with Gasteiger partial charge in [-0.3, -0.25) is 4.79 Å². The largest absolute Gasteiger partial charge is 0.348 e. The minimum absolute atomic E-state index is 0.0577. The number of carbonyl (C=O) groups is 1. The second-order valence-electron chi connectivity index (χ2n) is 8.82. The molecule has 0 atom stereocenters. The number of thiazole rings is 1. The van der Waals surface area contributed by atoms with Gasteiger partial charge in [-0.05, 0) is 64.8 Å². The van der Waals surface area contributed by atoms with Gasteiger partial charge in [-0.25, -0.2) is 4.98 Å². The summed E-state index contributed by atoms with van der Waals surface area (Å²) in [4.78, 5) is 24.8. The molecule has 1 saturated heterocycles. The van der Waals surface area contributed by atoms with Crippen molar-refractivity contribution in [2.75, 3.05) is 13.1 Å². The van der Waals surface area contributed by atoms with Gasteiger partial charge in [0.15, 0.2) is 0 Å². The van der Waals surface area contributed by atoms with Crippen LogP contribution in [0.25, 0.3) is 9.88 Å². The number of hydrogen-bond donors (Lipinski definition) is 1. The number of likely N-dealkylation sites (tertiary alicyclic amines) is 1. The van der Waals surface area contributed by atoms with Crippen molar-refractivity contribution in [1.29, 1.82) is 0 Å². The summed E-state index contributed by atoms with van der Waals surface area (Å²) in [7, 11) is 0. The van der Waals surface area contributed by atoms with Gasteiger partial charge in [0.25, 0.3) is 5.91 Å². The lowest BCUT2D eigenvalue weighted by Crippen LogP contribution is -2.48. The predicted molar refractivity (Wildman–Crippen MR) is 151 cm³/mol. The summed E-state index contributed by atoms with van der Waals surface area (Å²) < 4.78 is 0.746. The Morgan fingerprint density at radius 1 is 1.31 bits per heavy atom. The highest BCUT2D eigenvalue weighted by molar-refractivity contribution is 7.23. The van der Waals surface area contributed by atoms with Crippen LogP contribution in [0.4, 0.5) is 0 Å². The number of carbonyl (C=O) groups excluding carboxylic acids is 1. The number of aromatic nitrogens is 1. The van der Waals surface area contributed by atoms with Crippen LogP contribution in [-0.2, 0) is 11.3 Å². The Balaban J connectivity index is 1.82. The summed E-state index contributed by atoms with van der Waals surface area (Å²) in [5.74, 6) is -0.0577. The molecule has 0 aromatic carbocycles. The number of allylic oxidation sites excluding steroid dienone is 6. The maximum absolute atomic E-state index is 13.6. The predicted octanol–water partition coefficient (Wildman–Crippen LogP) is 6.87. The van der Waals surface area contributed by atoms with Crippen molar-refractivity contribution in [1.82, 2.24) is 20.1 Å². The third-order valence-corrected chi connectivity index (χ3v) is 8.38. The monoisotopic (exact) mass is 530 g/mol. The molecule has 2 aromatic heterocycles. The third-order valence-electron chi connectivity index (χ3n) is 6.00. The van der Waals surface area contributed by atoms with Gasteiger partial charge < -0.3 is 15.1 Å². The van der Waals surface area contributed by atoms with E-state index in [0.29, 0.717) is 18.3 Å². The Labute approximate surface area is 222 Å². The molecule has 1 N–H and O–H groups in total. The SMILES string of the molecule is C=C/C=C(\C)N(Cc1cnc(-c2ccc(Cl)s2)s1)/C(=C\C=C\C)C(=O)NC1CCN(C(C)C)CC1. The van der Waals surface area contributed by atoms with Crippen molar-refractivity contribution in [3.8, 4) is 9.88 Å². The molecular weight excluding hydrogens is 496 g/mol. The molecule has 5 nitrogen and oxygen atoms in total. The van der Waals surface area contributed by atoms with E-state index in [4.69, 9.17) is 11.6 Å². The van der Waals surface area contributed by atoms with Crippen LogP contribution in [0.5, 0.6) is 0 Å². The normalized spacial score (nSPS) is 16.3. The Morgan fingerprint density at radius 3 is 2.66 bits per heavy atom. The first-order valence-electron chi connectivity index (χ1n) is 12.0. The lowest BCUT2D eigenvalue weighted by Gasteiger charge is -2.35. The van der Waals surface area contributed by atoms with Gasteiger partial charge in [0.2, 0.25) is 0 Å². The summed E-state index contributed by atoms with van der Waals surface area (Å²) in [5.41, 5.74) is 1.55. The number of hydrogen-bond acceptors (Lipinski definition) is 6. The molecular formula is C27H35ClN4OS2. The van der Waals surface area contributed by atoms with Crippen molar-refractivity contribution in [2.24, 2.45) is 0 Å². The topological polar surface area (TPSA) is 48.5 Å². The zero-order valence-electron chi connectivity index (χ0n) is 21.0. The van der Waals surface area contributed by atoms with E-state index in [1.807, 2.05) is 61.4 Å². The van der Waals surface area contributed by atoms with Crippen molar-refractivity contribution in [3.63, 3.8) is 0 Å². The lowest BCUT2D eigenvalue weighted by molar-refractivity contribution is -0.119. The second kappa shape index (κ2) is 13.2. The number of nitrogens with zero attached hydrogens (tertiary/aromatic N) is 3. The Morgan fingerprint density at radius 2 is 2.06 bits per heavy atom. The molecule has 0 saturated carbocycles. The Bertz CT molecular complexity index is 1090. The molecule has 0 unspecified atom stereocenters. The first-order chi connectivity index (χ1) is 16.8. The van der Waals surface area contributed by atoms with Crippen molar-refractivity contribution in [2.45, 2.75) is 59.2 Å². The third kappa shape index (κ3) is 7.64. The molecule has 1 aliphatic rings. The first kappa shape index (κ1) is 27.4. The number of piperidine rings is 1. The van der Waals surface area contributed by atoms with Gasteiger partial charge in [0, 0.05) is 41.9 Å². The van der Waals surface area contributed by atoms with E-state index in [1.54, 1.807) is 17.4 Å². The fourth-order valence-corrected chi connectivity index (χ4v) is 6.04. The standard InChI is InChI=1S/C27H35ClN4OS2/c1-6-8-10-23(26(33)30-21-13-15-31(16-14-21)19(3)4)32(20(5)9-7-2)18-22-17-29-27(34-22)24-11-12-25(28)35-24/h6-12,17,19,21H,2,13-16,18H2,1,3-5H3,(H,30,33)/b8-6+,20-9+,23-10-. The van der Waals surface area contributed by atoms with Gasteiger partial charge in [-0.15, -0.1) is 22.7 Å². The number of amides is 1. The second-order valence-corrected chi connectivity index (χ2v) is 11.7. The van der Waals surface area contributed by atoms with Gasteiger partial charge in [-0.2, -0.15) is 0 Å². The molecule has 0 radical (unpaired) electrons. The van der Waals surface area contributed by atoms with Crippen molar-refractivity contribution < 1.29 is 4.79 Å². The zero-order valence-corrected chi connectivity index (χ0v) is 23.3. The summed E-state index contributed by atoms with van der Waals surface area (Å²) in [6, 6.07) is 4.59. The molecule has 2 aromatic rings. The van der Waals surface area contributed by atoms with Crippen LogP contribution in [0.1, 0.15) is 45.4 Å². The molecule has 3 heterocycles. The number of thiophene rings is 1. The molecule has 1 amide bonds. The molecule has 1 fully saturated rings. The van der Waals surface area contributed by atoms with E-state index < -0.39 is 0 Å². The van der Waals surface area contributed by atoms with Crippen LogP contribution in [0.2, 0.25) is 4.34 Å². The van der Waals surface area contributed by atoms with Gasteiger partial charge in [0.1, 0.15) is 10.7 Å². The summed E-state index contributed by atoms with van der Waals surface area (Å²) >= 11 is 9.25. The van der Waals surface area contributed by atoms with E-state index in [9.17, 15) is 4.79 Å². The van der Waals surface area contributed by atoms with E-state index >= 15 is 0 Å². The maximum Gasteiger partial charge on any atom is 0.268 e. The molecule has 0 spiro atoms. The Kier molecular flexibility index (Phi) is 10.3. The molecule has 35 heavy (non-hydrogen) atoms. The van der Waals surface area contributed by atoms with Crippen LogP contribution in [-0.4, -0.2) is 45.9 Å². The highest BCUT2D eigenvalue weighted by Gasteiger charge is 2.26. The summed E-state index contributed by atoms with van der Waals surface area (Å²) in [5, 5.41) is 4.23. The minimum atomic E-state index is -0.0577. The van der Waals surface area contributed by atoms with Crippen LogP contribution < -0.4 is 5.32 Å². The minimum Gasteiger partial charge on any atom is -0.348 e. The van der Waals surface area contributed by atoms with Crippen molar-refractivity contribution in [3.05, 3.63) is 75.9 Å². The van der Waals surface area contributed by atoms with Crippen LogP contribution in [0.15, 0.2) is 66.7 Å². The molecule has 188 valence electrons. The molecule has 1 aliphatic heterocycles. The van der Waals surface area contributed by atoms with Crippen molar-refractivity contribution >= 4 is 40.2 Å². The van der Waals surface area contributed by atoms with E-state index in [0.717, 1.165) is 50.7 Å². The lowest BCUT2D eigenvalue weighted by atomic mass is 10.0. The number of nitrogens with one attached hydrogen (secondary N) is 1. The average molecular weight is 531 g/mol. The fourth-order valence-electron chi connectivity index (χ4n) is 4.04. The highest BCUT2D eigenvalue weighted by Crippen LogP contribution is 2.34. The average Bonchev–Trinajstić information content (AvgIpc) is 3.48. The van der Waals surface area contributed by atoms with Crippen LogP contribution >= 0.6 is 34.3 Å². The summed E-state index contributed by atoms with van der Waals surface area (Å²) in [6.45, 7) is 14.8. The van der Waals surface area contributed by atoms with Gasteiger partial charge in [-0.1, -0.05) is 36.4 Å². The van der Waals surface area contributed by atoms with Gasteiger partial charge in [0.05, 0.1) is 15.8 Å². The maximum atomic E-state index is 13.6. The van der Waals surface area contributed by atoms with Crippen LogP contribution in [0, 0.1) is 0 Å². The van der Waals surface area contributed by atoms with E-state index in [-0.39, 0.29) is 11.9 Å². The van der Waals surface area contributed by atoms with E-state index in [1.165, 1.54) is 11.3 Å².